The zero-order valence-electron chi connectivity index (χ0n) is 11.6. The first-order valence-corrected chi connectivity index (χ1v) is 6.48. The van der Waals surface area contributed by atoms with Crippen LogP contribution in [-0.4, -0.2) is 23.4 Å². The summed E-state index contributed by atoms with van der Waals surface area (Å²) in [7, 11) is 0. The molecule has 2 rings (SSSR count). The molecule has 0 spiro atoms. The molecule has 1 amide bonds. The molecule has 6 heteroatoms. The lowest BCUT2D eigenvalue weighted by molar-refractivity contribution is 0.0697. The molecular weight excluding hydrogens is 284 g/mol. The molecule has 0 aliphatic carbocycles. The number of aromatic carboxylic acids is 1. The third-order valence-corrected chi connectivity index (χ3v) is 2.74. The van der Waals surface area contributed by atoms with Gasteiger partial charge in [-0.1, -0.05) is 42.5 Å². The summed E-state index contributed by atoms with van der Waals surface area (Å²) in [5.74, 6) is -0.994. The minimum absolute atomic E-state index is 0.162. The molecule has 0 aromatic heterocycles. The molecule has 2 aromatic rings. The number of nitrogens with one attached hydrogen (secondary N) is 1. The second kappa shape index (κ2) is 7.58. The number of nitrogens with zero attached hydrogens (tertiary/aromatic N) is 1. The summed E-state index contributed by atoms with van der Waals surface area (Å²) >= 11 is 0. The zero-order valence-corrected chi connectivity index (χ0v) is 11.6. The smallest absolute Gasteiger partial charge is 0.428 e. The number of hydrogen-bond donors (Lipinski definition) is 2. The molecule has 0 saturated heterocycles. The number of carbonyl (C=O) groups excluding carboxylic acids is 1. The maximum Gasteiger partial charge on any atom is 0.428 e. The van der Waals surface area contributed by atoms with E-state index in [-0.39, 0.29) is 12.2 Å². The van der Waals surface area contributed by atoms with Crippen molar-refractivity contribution < 1.29 is 19.4 Å². The van der Waals surface area contributed by atoms with E-state index >= 15 is 0 Å². The van der Waals surface area contributed by atoms with Crippen molar-refractivity contribution in [2.75, 3.05) is 0 Å². The molecule has 0 saturated carbocycles. The normalized spacial score (nSPS) is 10.4. The highest BCUT2D eigenvalue weighted by Gasteiger charge is 2.02. The maximum absolute atomic E-state index is 11.4. The summed E-state index contributed by atoms with van der Waals surface area (Å²) in [4.78, 5) is 22.1. The van der Waals surface area contributed by atoms with Crippen molar-refractivity contribution in [3.63, 3.8) is 0 Å². The number of hydrogen-bond acceptors (Lipinski definition) is 4. The van der Waals surface area contributed by atoms with Crippen LogP contribution in [0.2, 0.25) is 0 Å². The van der Waals surface area contributed by atoms with Gasteiger partial charge in [0.05, 0.1) is 11.8 Å². The molecule has 0 heterocycles. The minimum Gasteiger partial charge on any atom is -0.478 e. The average Bonchev–Trinajstić information content (AvgIpc) is 2.54. The van der Waals surface area contributed by atoms with Gasteiger partial charge in [0.2, 0.25) is 0 Å². The molecule has 2 N–H and O–H groups in total. The summed E-state index contributed by atoms with van der Waals surface area (Å²) in [5.41, 5.74) is 3.96. The standard InChI is InChI=1S/C16H14N2O4/c19-15(20)14-8-6-12(7-9-14)10-17-18-16(21)22-11-13-4-2-1-3-5-13/h1-10H,11H2,(H,18,21)(H,19,20)/b17-10+. The van der Waals surface area contributed by atoms with E-state index in [4.69, 9.17) is 9.84 Å². The van der Waals surface area contributed by atoms with Crippen LogP contribution >= 0.6 is 0 Å². The van der Waals surface area contributed by atoms with E-state index < -0.39 is 12.1 Å². The largest absolute Gasteiger partial charge is 0.478 e. The van der Waals surface area contributed by atoms with Crippen molar-refractivity contribution in [3.8, 4) is 0 Å². The molecule has 0 bridgehead atoms. The van der Waals surface area contributed by atoms with Crippen molar-refractivity contribution in [3.05, 3.63) is 71.3 Å². The molecular formula is C16H14N2O4. The first kappa shape index (κ1) is 15.2. The van der Waals surface area contributed by atoms with E-state index in [1.165, 1.54) is 18.3 Å². The molecule has 0 atom stereocenters. The molecule has 22 heavy (non-hydrogen) atoms. The quantitative estimate of drug-likeness (QED) is 0.656. The SMILES string of the molecule is O=C(N/N=C/c1ccc(C(=O)O)cc1)OCc1ccccc1. The Hall–Kier alpha value is -3.15. The average molecular weight is 298 g/mol. The number of benzene rings is 2. The van der Waals surface area contributed by atoms with Gasteiger partial charge < -0.3 is 9.84 Å². The molecule has 0 unspecified atom stereocenters. The fourth-order valence-electron chi connectivity index (χ4n) is 1.63. The van der Waals surface area contributed by atoms with Crippen LogP contribution < -0.4 is 5.43 Å². The van der Waals surface area contributed by atoms with Crippen molar-refractivity contribution in [2.45, 2.75) is 6.61 Å². The summed E-state index contributed by atoms with van der Waals surface area (Å²) < 4.78 is 4.98. The number of ether oxygens (including phenoxy) is 1. The van der Waals surface area contributed by atoms with Gasteiger partial charge in [-0.2, -0.15) is 5.10 Å². The maximum atomic E-state index is 11.4. The highest BCUT2D eigenvalue weighted by molar-refractivity contribution is 5.89. The third-order valence-electron chi connectivity index (χ3n) is 2.74. The van der Waals surface area contributed by atoms with Crippen molar-refractivity contribution >= 4 is 18.3 Å². The Labute approximate surface area is 127 Å². The van der Waals surface area contributed by atoms with Crippen molar-refractivity contribution in [1.29, 1.82) is 0 Å². The van der Waals surface area contributed by atoms with Crippen LogP contribution in [0, 0.1) is 0 Å². The second-order valence-electron chi connectivity index (χ2n) is 4.36. The summed E-state index contributed by atoms with van der Waals surface area (Å²) in [5, 5.41) is 12.5. The third kappa shape index (κ3) is 4.75. The molecule has 0 fully saturated rings. The van der Waals surface area contributed by atoms with Crippen LogP contribution in [0.3, 0.4) is 0 Å². The van der Waals surface area contributed by atoms with E-state index in [1.54, 1.807) is 12.1 Å². The van der Waals surface area contributed by atoms with Crippen LogP contribution in [0.25, 0.3) is 0 Å². The van der Waals surface area contributed by atoms with Crippen LogP contribution in [0.1, 0.15) is 21.5 Å². The fourth-order valence-corrected chi connectivity index (χ4v) is 1.63. The lowest BCUT2D eigenvalue weighted by Crippen LogP contribution is -2.18. The Bertz CT molecular complexity index is 666. The lowest BCUT2D eigenvalue weighted by Gasteiger charge is -2.03. The molecule has 112 valence electrons. The molecule has 2 aromatic carbocycles. The summed E-state index contributed by atoms with van der Waals surface area (Å²) in [6.45, 7) is 0.162. The Kier molecular flexibility index (Phi) is 5.25. The van der Waals surface area contributed by atoms with Crippen LogP contribution in [0.4, 0.5) is 4.79 Å². The van der Waals surface area contributed by atoms with E-state index in [1.807, 2.05) is 30.3 Å². The monoisotopic (exact) mass is 298 g/mol. The number of rotatable bonds is 5. The Morgan fingerprint density at radius 2 is 1.77 bits per heavy atom. The van der Waals surface area contributed by atoms with Crippen LogP contribution in [0.15, 0.2) is 59.7 Å². The number of amides is 1. The second-order valence-corrected chi connectivity index (χ2v) is 4.36. The molecule has 0 radical (unpaired) electrons. The van der Waals surface area contributed by atoms with Crippen molar-refractivity contribution in [1.82, 2.24) is 5.43 Å². The minimum atomic E-state index is -0.994. The Morgan fingerprint density at radius 1 is 1.09 bits per heavy atom. The predicted octanol–water partition coefficient (Wildman–Crippen LogP) is 2.65. The number of carboxylic acid groups (broad SMARTS) is 1. The highest BCUT2D eigenvalue weighted by Crippen LogP contribution is 2.02. The Morgan fingerprint density at radius 3 is 2.41 bits per heavy atom. The van der Waals surface area contributed by atoms with Gasteiger partial charge in [0.1, 0.15) is 6.61 Å². The lowest BCUT2D eigenvalue weighted by atomic mass is 10.1. The first-order valence-electron chi connectivity index (χ1n) is 6.48. The number of carboxylic acids is 1. The van der Waals surface area contributed by atoms with Gasteiger partial charge in [-0.3, -0.25) is 0 Å². The van der Waals surface area contributed by atoms with Gasteiger partial charge in [-0.15, -0.1) is 0 Å². The zero-order chi connectivity index (χ0) is 15.8. The summed E-state index contributed by atoms with van der Waals surface area (Å²) in [6.07, 6.45) is 0.734. The van der Waals surface area contributed by atoms with E-state index in [0.717, 1.165) is 5.56 Å². The molecule has 0 aliphatic heterocycles. The van der Waals surface area contributed by atoms with Crippen molar-refractivity contribution in [2.24, 2.45) is 5.10 Å². The topological polar surface area (TPSA) is 88.0 Å². The molecule has 0 aliphatic rings. The van der Waals surface area contributed by atoms with Gasteiger partial charge in [0.15, 0.2) is 0 Å². The van der Waals surface area contributed by atoms with Crippen LogP contribution in [0.5, 0.6) is 0 Å². The molecule has 6 nitrogen and oxygen atoms in total. The summed E-state index contributed by atoms with van der Waals surface area (Å²) in [6, 6.07) is 15.4. The van der Waals surface area contributed by atoms with E-state index in [0.29, 0.717) is 5.56 Å². The Balaban J connectivity index is 1.79. The van der Waals surface area contributed by atoms with Gasteiger partial charge in [-0.25, -0.2) is 15.0 Å². The first-order chi connectivity index (χ1) is 10.6. The van der Waals surface area contributed by atoms with E-state index in [9.17, 15) is 9.59 Å². The van der Waals surface area contributed by atoms with Gasteiger partial charge >= 0.3 is 12.1 Å². The fraction of sp³-hybridized carbons (Fsp3) is 0.0625. The van der Waals surface area contributed by atoms with Gasteiger partial charge in [0.25, 0.3) is 0 Å². The predicted molar refractivity (Wildman–Crippen MR) is 80.8 cm³/mol. The van der Waals surface area contributed by atoms with Gasteiger partial charge in [-0.05, 0) is 23.3 Å². The number of carbonyl (C=O) groups is 2. The van der Waals surface area contributed by atoms with Gasteiger partial charge in [0, 0.05) is 0 Å². The highest BCUT2D eigenvalue weighted by atomic mass is 16.6. The van der Waals surface area contributed by atoms with Crippen LogP contribution in [-0.2, 0) is 11.3 Å². The van der Waals surface area contributed by atoms with E-state index in [2.05, 4.69) is 10.5 Å². The number of hydrazone groups is 1.